The molecule has 1 aliphatic rings. The van der Waals surface area contributed by atoms with E-state index in [0.717, 1.165) is 13.0 Å². The molecule has 3 N–H and O–H groups in total. The Morgan fingerprint density at radius 3 is 2.94 bits per heavy atom. The normalized spacial score (nSPS) is 19.2. The molecule has 0 bridgehead atoms. The molecule has 1 fully saturated rings. The number of carbonyl (C=O) groups excluding carboxylic acids is 1. The molecular formula is C12H14N4O. The number of anilines is 2. The van der Waals surface area contributed by atoms with Crippen LogP contribution in [0, 0.1) is 11.3 Å². The van der Waals surface area contributed by atoms with Gasteiger partial charge in [0.1, 0.15) is 12.1 Å². The molecule has 5 heteroatoms. The highest BCUT2D eigenvalue weighted by Gasteiger charge is 2.29. The third kappa shape index (κ3) is 2.02. The van der Waals surface area contributed by atoms with E-state index in [1.807, 2.05) is 6.07 Å². The lowest BCUT2D eigenvalue weighted by Crippen LogP contribution is -2.31. The van der Waals surface area contributed by atoms with Gasteiger partial charge in [0.2, 0.25) is 5.91 Å². The average Bonchev–Trinajstić information content (AvgIpc) is 2.64. The van der Waals surface area contributed by atoms with E-state index in [9.17, 15) is 4.79 Å². The minimum absolute atomic E-state index is 0.0618. The predicted molar refractivity (Wildman–Crippen MR) is 65.2 cm³/mol. The highest BCUT2D eigenvalue weighted by atomic mass is 16.2. The Labute approximate surface area is 99.8 Å². The van der Waals surface area contributed by atoms with Crippen LogP contribution in [-0.2, 0) is 4.79 Å². The highest BCUT2D eigenvalue weighted by Crippen LogP contribution is 2.24. The first-order chi connectivity index (χ1) is 8.13. The topological polar surface area (TPSA) is 82.2 Å². The van der Waals surface area contributed by atoms with Crippen molar-refractivity contribution in [2.45, 2.75) is 12.5 Å². The van der Waals surface area contributed by atoms with Gasteiger partial charge in [0.15, 0.2) is 0 Å². The molecule has 5 nitrogen and oxygen atoms in total. The molecule has 0 radical (unpaired) electrons. The smallest absolute Gasteiger partial charge is 0.244 e. The standard InChI is InChI=1S/C12H14N4O/c1-16-6-5-10(12(16)17)15-9-4-2-3-8(7-13)11(9)14/h2-4,10,15H,5-6,14H2,1H3. The lowest BCUT2D eigenvalue weighted by Gasteiger charge is -2.15. The second kappa shape index (κ2) is 4.34. The van der Waals surface area contributed by atoms with Crippen molar-refractivity contribution in [3.05, 3.63) is 23.8 Å². The number of hydrogen-bond acceptors (Lipinski definition) is 4. The Balaban J connectivity index is 2.20. The molecule has 0 aromatic heterocycles. The van der Waals surface area contributed by atoms with E-state index in [2.05, 4.69) is 5.32 Å². The van der Waals surface area contributed by atoms with E-state index >= 15 is 0 Å². The predicted octanol–water partition coefficient (Wildman–Crippen LogP) is 0.783. The quantitative estimate of drug-likeness (QED) is 0.736. The second-order valence-corrected chi connectivity index (χ2v) is 4.12. The number of nitrogens with one attached hydrogen (secondary N) is 1. The van der Waals surface area contributed by atoms with Crippen LogP contribution in [0.1, 0.15) is 12.0 Å². The van der Waals surface area contributed by atoms with E-state index in [1.54, 1.807) is 30.1 Å². The number of carbonyl (C=O) groups is 1. The van der Waals surface area contributed by atoms with Crippen molar-refractivity contribution in [1.82, 2.24) is 4.90 Å². The molecule has 1 aromatic carbocycles. The van der Waals surface area contributed by atoms with Gasteiger partial charge in [-0.3, -0.25) is 4.79 Å². The fourth-order valence-corrected chi connectivity index (χ4v) is 1.93. The van der Waals surface area contributed by atoms with Crippen LogP contribution in [-0.4, -0.2) is 30.4 Å². The monoisotopic (exact) mass is 230 g/mol. The van der Waals surface area contributed by atoms with Crippen molar-refractivity contribution in [1.29, 1.82) is 5.26 Å². The van der Waals surface area contributed by atoms with Crippen LogP contribution in [0.5, 0.6) is 0 Å². The molecule has 1 aromatic rings. The van der Waals surface area contributed by atoms with E-state index in [-0.39, 0.29) is 11.9 Å². The number of amides is 1. The molecule has 0 saturated carbocycles. The van der Waals surface area contributed by atoms with Crippen LogP contribution < -0.4 is 11.1 Å². The van der Waals surface area contributed by atoms with Crippen molar-refractivity contribution in [3.8, 4) is 6.07 Å². The maximum atomic E-state index is 11.7. The first-order valence-corrected chi connectivity index (χ1v) is 5.43. The van der Waals surface area contributed by atoms with Crippen LogP contribution in [0.3, 0.4) is 0 Å². The molecule has 1 heterocycles. The molecule has 0 aliphatic carbocycles. The van der Waals surface area contributed by atoms with E-state index in [0.29, 0.717) is 16.9 Å². The lowest BCUT2D eigenvalue weighted by molar-refractivity contribution is -0.127. The van der Waals surface area contributed by atoms with Gasteiger partial charge in [0, 0.05) is 13.6 Å². The van der Waals surface area contributed by atoms with Crippen molar-refractivity contribution < 1.29 is 4.79 Å². The van der Waals surface area contributed by atoms with Gasteiger partial charge in [-0.15, -0.1) is 0 Å². The van der Waals surface area contributed by atoms with Gasteiger partial charge in [-0.05, 0) is 18.6 Å². The minimum Gasteiger partial charge on any atom is -0.396 e. The molecular weight excluding hydrogens is 216 g/mol. The number of likely N-dealkylation sites (tertiary alicyclic amines) is 1. The van der Waals surface area contributed by atoms with Crippen LogP contribution in [0.2, 0.25) is 0 Å². The number of nitrogens with two attached hydrogens (primary N) is 1. The SMILES string of the molecule is CN1CCC(Nc2cccc(C#N)c2N)C1=O. The fraction of sp³-hybridized carbons (Fsp3) is 0.333. The summed E-state index contributed by atoms with van der Waals surface area (Å²) in [5, 5.41) is 12.0. The molecule has 88 valence electrons. The third-order valence-corrected chi connectivity index (χ3v) is 2.98. The van der Waals surface area contributed by atoms with Gasteiger partial charge in [-0.2, -0.15) is 5.26 Å². The summed E-state index contributed by atoms with van der Waals surface area (Å²) in [5.74, 6) is 0.0618. The number of nitrogens with zero attached hydrogens (tertiary/aromatic N) is 2. The summed E-state index contributed by atoms with van der Waals surface area (Å²) < 4.78 is 0. The number of benzene rings is 1. The minimum atomic E-state index is -0.240. The van der Waals surface area contributed by atoms with E-state index in [1.165, 1.54) is 0 Å². The molecule has 1 unspecified atom stereocenters. The highest BCUT2D eigenvalue weighted by molar-refractivity contribution is 5.88. The van der Waals surface area contributed by atoms with Gasteiger partial charge in [-0.25, -0.2) is 0 Å². The molecule has 1 saturated heterocycles. The van der Waals surface area contributed by atoms with Gasteiger partial charge in [0.05, 0.1) is 16.9 Å². The molecule has 1 aliphatic heterocycles. The zero-order valence-corrected chi connectivity index (χ0v) is 9.60. The Bertz CT molecular complexity index is 492. The lowest BCUT2D eigenvalue weighted by atomic mass is 10.1. The van der Waals surface area contributed by atoms with Crippen molar-refractivity contribution in [2.75, 3.05) is 24.6 Å². The summed E-state index contributed by atoms with van der Waals surface area (Å²) in [5.41, 5.74) is 7.32. The first-order valence-electron chi connectivity index (χ1n) is 5.43. The summed E-state index contributed by atoms with van der Waals surface area (Å²) in [7, 11) is 1.78. The van der Waals surface area contributed by atoms with Crippen molar-refractivity contribution >= 4 is 17.3 Å². The maximum absolute atomic E-state index is 11.7. The average molecular weight is 230 g/mol. The molecule has 1 amide bonds. The molecule has 0 spiro atoms. The van der Waals surface area contributed by atoms with Crippen molar-refractivity contribution in [3.63, 3.8) is 0 Å². The van der Waals surface area contributed by atoms with Crippen LogP contribution >= 0.6 is 0 Å². The zero-order valence-electron chi connectivity index (χ0n) is 9.60. The van der Waals surface area contributed by atoms with Gasteiger partial charge in [-0.1, -0.05) is 6.07 Å². The zero-order chi connectivity index (χ0) is 12.4. The van der Waals surface area contributed by atoms with E-state index < -0.39 is 0 Å². The van der Waals surface area contributed by atoms with E-state index in [4.69, 9.17) is 11.0 Å². The summed E-state index contributed by atoms with van der Waals surface area (Å²) in [4.78, 5) is 13.4. The van der Waals surface area contributed by atoms with Crippen LogP contribution in [0.4, 0.5) is 11.4 Å². The third-order valence-electron chi connectivity index (χ3n) is 2.98. The Morgan fingerprint density at radius 2 is 2.35 bits per heavy atom. The first kappa shape index (κ1) is 11.3. The number of nitrogen functional groups attached to an aromatic ring is 1. The van der Waals surface area contributed by atoms with Crippen LogP contribution in [0.15, 0.2) is 18.2 Å². The number of para-hydroxylation sites is 1. The Morgan fingerprint density at radius 1 is 1.59 bits per heavy atom. The molecule has 1 atom stereocenters. The van der Waals surface area contributed by atoms with Crippen molar-refractivity contribution in [2.24, 2.45) is 0 Å². The largest absolute Gasteiger partial charge is 0.396 e. The number of rotatable bonds is 2. The number of hydrogen-bond donors (Lipinski definition) is 2. The summed E-state index contributed by atoms with van der Waals surface area (Å²) in [6.45, 7) is 0.744. The van der Waals surface area contributed by atoms with Gasteiger partial charge < -0.3 is 16.0 Å². The fourth-order valence-electron chi connectivity index (χ4n) is 1.93. The molecule has 2 rings (SSSR count). The summed E-state index contributed by atoms with van der Waals surface area (Å²) in [6.07, 6.45) is 0.756. The second-order valence-electron chi connectivity index (χ2n) is 4.12. The van der Waals surface area contributed by atoms with Crippen LogP contribution in [0.25, 0.3) is 0 Å². The van der Waals surface area contributed by atoms with Gasteiger partial charge >= 0.3 is 0 Å². The number of nitriles is 1. The molecule has 17 heavy (non-hydrogen) atoms. The summed E-state index contributed by atoms with van der Waals surface area (Å²) >= 11 is 0. The number of likely N-dealkylation sites (N-methyl/N-ethyl adjacent to an activating group) is 1. The maximum Gasteiger partial charge on any atom is 0.244 e. The Kier molecular flexibility index (Phi) is 2.88. The Hall–Kier alpha value is -2.22. The van der Waals surface area contributed by atoms with Gasteiger partial charge in [0.25, 0.3) is 0 Å². The summed E-state index contributed by atoms with van der Waals surface area (Å²) in [6, 6.07) is 6.97.